The van der Waals surface area contributed by atoms with Gasteiger partial charge in [0, 0.05) is 42.0 Å². The number of hydrogen-bond donors (Lipinski definition) is 0. The average molecular weight is 628 g/mol. The Balaban J connectivity index is 1.29. The van der Waals surface area contributed by atoms with E-state index in [1.807, 2.05) is 11.3 Å². The predicted octanol–water partition coefficient (Wildman–Crippen LogP) is 13.8. The molecule has 1 heterocycles. The highest BCUT2D eigenvalue weighted by Gasteiger charge is 2.20. The van der Waals surface area contributed by atoms with Crippen LogP contribution in [0.25, 0.3) is 74.4 Å². The van der Waals surface area contributed by atoms with Crippen molar-refractivity contribution < 1.29 is 0 Å². The molecule has 48 heavy (non-hydrogen) atoms. The second kappa shape index (κ2) is 10.8. The fourth-order valence-corrected chi connectivity index (χ4v) is 8.85. The van der Waals surface area contributed by atoms with Crippen molar-refractivity contribution in [3.63, 3.8) is 0 Å². The van der Waals surface area contributed by atoms with Gasteiger partial charge in [-0.3, -0.25) is 0 Å². The highest BCUT2D eigenvalue weighted by molar-refractivity contribution is 7.26. The van der Waals surface area contributed by atoms with E-state index in [4.69, 9.17) is 0 Å². The Hall–Kier alpha value is -5.96. The van der Waals surface area contributed by atoms with E-state index in [0.29, 0.717) is 0 Å². The molecule has 1 aromatic heterocycles. The Bertz CT molecular complexity index is 2850. The van der Waals surface area contributed by atoms with E-state index in [2.05, 4.69) is 181 Å². The molecule has 0 bridgehead atoms. The van der Waals surface area contributed by atoms with Crippen LogP contribution in [-0.4, -0.2) is 0 Å². The fraction of sp³-hybridized carbons (Fsp3) is 0. The summed E-state index contributed by atoms with van der Waals surface area (Å²) in [4.78, 5) is 2.48. The topological polar surface area (TPSA) is 3.24 Å². The van der Waals surface area contributed by atoms with E-state index >= 15 is 0 Å². The van der Waals surface area contributed by atoms with Crippen LogP contribution in [0.15, 0.2) is 176 Å². The zero-order chi connectivity index (χ0) is 31.6. The summed E-state index contributed by atoms with van der Waals surface area (Å²) >= 11 is 1.89. The second-order valence-corrected chi connectivity index (χ2v) is 13.5. The molecule has 1 nitrogen and oxygen atoms in total. The van der Waals surface area contributed by atoms with Gasteiger partial charge in [0.25, 0.3) is 0 Å². The van der Waals surface area contributed by atoms with E-state index in [1.165, 1.54) is 80.1 Å². The summed E-state index contributed by atoms with van der Waals surface area (Å²) in [6, 6.07) is 64.5. The Labute approximate surface area is 282 Å². The highest BCUT2D eigenvalue weighted by atomic mass is 32.1. The van der Waals surface area contributed by atoms with Gasteiger partial charge in [0.1, 0.15) is 0 Å². The van der Waals surface area contributed by atoms with Crippen LogP contribution in [0.5, 0.6) is 0 Å². The largest absolute Gasteiger partial charge is 0.309 e. The minimum atomic E-state index is 1.13. The van der Waals surface area contributed by atoms with Crippen molar-refractivity contribution in [1.82, 2.24) is 0 Å². The van der Waals surface area contributed by atoms with Crippen molar-refractivity contribution in [3.05, 3.63) is 176 Å². The van der Waals surface area contributed by atoms with Gasteiger partial charge in [-0.15, -0.1) is 11.3 Å². The number of rotatable bonds is 4. The lowest BCUT2D eigenvalue weighted by molar-refractivity contribution is 1.31. The average Bonchev–Trinajstić information content (AvgIpc) is 3.55. The van der Waals surface area contributed by atoms with E-state index in [-0.39, 0.29) is 0 Å². The van der Waals surface area contributed by atoms with Crippen molar-refractivity contribution in [3.8, 4) is 11.1 Å². The van der Waals surface area contributed by atoms with Crippen LogP contribution in [0, 0.1) is 0 Å². The molecule has 0 aliphatic rings. The number of thiophene rings is 1. The number of hydrogen-bond acceptors (Lipinski definition) is 2. The van der Waals surface area contributed by atoms with Crippen LogP contribution >= 0.6 is 11.3 Å². The quantitative estimate of drug-likeness (QED) is 0.176. The summed E-state index contributed by atoms with van der Waals surface area (Å²) in [7, 11) is 0. The van der Waals surface area contributed by atoms with E-state index in [9.17, 15) is 0 Å². The molecule has 0 aliphatic heterocycles. The van der Waals surface area contributed by atoms with Crippen LogP contribution < -0.4 is 4.90 Å². The molecule has 0 N–H and O–H groups in total. The standard InChI is InChI=1S/C46H29NS/c1-2-11-30(12-3-1)33-14-8-15-34(29-33)47(43-21-10-19-40-37(43)27-28-41-38-17-6-7-22-44(38)48-46(40)41)42-20-9-18-39-36(42)26-25-32-24-23-31-13-4-5-16-35(31)45(32)39/h1-29H. The molecule has 9 aromatic carbocycles. The summed E-state index contributed by atoms with van der Waals surface area (Å²) in [5.41, 5.74) is 5.87. The Morgan fingerprint density at radius 2 is 0.938 bits per heavy atom. The zero-order valence-electron chi connectivity index (χ0n) is 26.1. The molecule has 10 rings (SSSR count). The van der Waals surface area contributed by atoms with Gasteiger partial charge >= 0.3 is 0 Å². The Kier molecular flexibility index (Phi) is 6.12. The SMILES string of the molecule is c1ccc(-c2cccc(N(c3cccc4c3ccc3c5ccccc5sc43)c3cccc4c3ccc3ccc5ccccc5c34)c2)cc1. The van der Waals surface area contributed by atoms with E-state index < -0.39 is 0 Å². The smallest absolute Gasteiger partial charge is 0.0540 e. The summed E-state index contributed by atoms with van der Waals surface area (Å²) in [5, 5.41) is 12.8. The van der Waals surface area contributed by atoms with Crippen LogP contribution in [0.4, 0.5) is 17.1 Å². The highest BCUT2D eigenvalue weighted by Crippen LogP contribution is 2.47. The second-order valence-electron chi connectivity index (χ2n) is 12.5. The monoisotopic (exact) mass is 627 g/mol. The lowest BCUT2D eigenvalue weighted by Crippen LogP contribution is -2.11. The summed E-state index contributed by atoms with van der Waals surface area (Å²) in [6.07, 6.45) is 0. The molecule has 0 amide bonds. The number of nitrogens with zero attached hydrogens (tertiary/aromatic N) is 1. The van der Waals surface area contributed by atoms with Crippen molar-refractivity contribution in [2.45, 2.75) is 0 Å². The molecular weight excluding hydrogens is 599 g/mol. The third kappa shape index (κ3) is 4.17. The molecule has 0 spiro atoms. The number of anilines is 3. The zero-order valence-corrected chi connectivity index (χ0v) is 26.9. The maximum absolute atomic E-state index is 2.48. The minimum absolute atomic E-state index is 1.13. The Morgan fingerprint density at radius 3 is 1.81 bits per heavy atom. The third-order valence-electron chi connectivity index (χ3n) is 9.81. The summed E-state index contributed by atoms with van der Waals surface area (Å²) in [6.45, 7) is 0. The molecule has 0 saturated heterocycles. The van der Waals surface area contributed by atoms with Gasteiger partial charge < -0.3 is 4.90 Å². The molecule has 0 saturated carbocycles. The molecule has 0 radical (unpaired) electrons. The normalized spacial score (nSPS) is 11.8. The van der Waals surface area contributed by atoms with Crippen LogP contribution in [0.2, 0.25) is 0 Å². The van der Waals surface area contributed by atoms with Gasteiger partial charge in [-0.25, -0.2) is 0 Å². The van der Waals surface area contributed by atoms with Gasteiger partial charge in [0.15, 0.2) is 0 Å². The first-order valence-corrected chi connectivity index (χ1v) is 17.3. The number of benzene rings is 9. The van der Waals surface area contributed by atoms with Crippen LogP contribution in [0.3, 0.4) is 0 Å². The van der Waals surface area contributed by atoms with Gasteiger partial charge in [0.2, 0.25) is 0 Å². The molecule has 10 aromatic rings. The maximum Gasteiger partial charge on any atom is 0.0540 e. The molecule has 0 atom stereocenters. The fourth-order valence-electron chi connectivity index (χ4n) is 7.62. The van der Waals surface area contributed by atoms with E-state index in [1.54, 1.807) is 0 Å². The predicted molar refractivity (Wildman–Crippen MR) is 209 cm³/mol. The van der Waals surface area contributed by atoms with Crippen molar-refractivity contribution in [1.29, 1.82) is 0 Å². The molecule has 0 unspecified atom stereocenters. The summed E-state index contributed by atoms with van der Waals surface area (Å²) < 4.78 is 2.66. The van der Waals surface area contributed by atoms with Gasteiger partial charge in [0.05, 0.1) is 11.4 Å². The van der Waals surface area contributed by atoms with Gasteiger partial charge in [-0.2, -0.15) is 0 Å². The minimum Gasteiger partial charge on any atom is -0.309 e. The molecule has 0 fully saturated rings. The maximum atomic E-state index is 2.48. The van der Waals surface area contributed by atoms with E-state index in [0.717, 1.165) is 11.4 Å². The molecular formula is C46H29NS. The molecule has 2 heteroatoms. The first-order valence-electron chi connectivity index (χ1n) is 16.4. The Morgan fingerprint density at radius 1 is 0.354 bits per heavy atom. The first-order chi connectivity index (χ1) is 23.8. The van der Waals surface area contributed by atoms with Gasteiger partial charge in [-0.1, -0.05) is 146 Å². The number of fused-ring (bicyclic) bond motifs is 10. The first kappa shape index (κ1) is 27.2. The lowest BCUT2D eigenvalue weighted by Gasteiger charge is -2.29. The van der Waals surface area contributed by atoms with Crippen molar-refractivity contribution >= 4 is 91.7 Å². The molecule has 224 valence electrons. The van der Waals surface area contributed by atoms with Crippen LogP contribution in [0.1, 0.15) is 0 Å². The van der Waals surface area contributed by atoms with Crippen molar-refractivity contribution in [2.75, 3.05) is 4.90 Å². The lowest BCUT2D eigenvalue weighted by atomic mass is 9.95. The molecule has 0 aliphatic carbocycles. The summed E-state index contributed by atoms with van der Waals surface area (Å²) in [5.74, 6) is 0. The van der Waals surface area contributed by atoms with Crippen LogP contribution in [-0.2, 0) is 0 Å². The van der Waals surface area contributed by atoms with Gasteiger partial charge in [-0.05, 0) is 68.4 Å². The van der Waals surface area contributed by atoms with Crippen molar-refractivity contribution in [2.24, 2.45) is 0 Å². The third-order valence-corrected chi connectivity index (χ3v) is 11.0.